The minimum atomic E-state index is 0.881. The van der Waals surface area contributed by atoms with Gasteiger partial charge in [0, 0.05) is 5.56 Å². The molecular formula is C15H15NO. The summed E-state index contributed by atoms with van der Waals surface area (Å²) in [6.45, 7) is 1.95. The maximum absolute atomic E-state index is 4.84. The van der Waals surface area contributed by atoms with E-state index >= 15 is 0 Å². The highest BCUT2D eigenvalue weighted by molar-refractivity contribution is 6.04. The van der Waals surface area contributed by atoms with Crippen molar-refractivity contribution in [2.45, 2.75) is 6.92 Å². The molecule has 0 aliphatic carbocycles. The molecule has 2 rings (SSSR count). The lowest BCUT2D eigenvalue weighted by Gasteiger charge is -2.08. The third kappa shape index (κ3) is 2.53. The predicted octanol–water partition coefficient (Wildman–Crippen LogP) is 3.72. The van der Waals surface area contributed by atoms with E-state index in [9.17, 15) is 0 Å². The van der Waals surface area contributed by atoms with E-state index in [1.54, 1.807) is 7.11 Å². The predicted molar refractivity (Wildman–Crippen MR) is 71.1 cm³/mol. The molecule has 2 heteroatoms. The molecule has 0 aliphatic heterocycles. The molecule has 0 amide bonds. The van der Waals surface area contributed by atoms with E-state index in [2.05, 4.69) is 29.4 Å². The van der Waals surface area contributed by atoms with Gasteiger partial charge in [0.2, 0.25) is 0 Å². The average Bonchev–Trinajstić information content (AvgIpc) is 2.40. The summed E-state index contributed by atoms with van der Waals surface area (Å²) >= 11 is 0. The second-order valence-electron chi connectivity index (χ2n) is 3.77. The van der Waals surface area contributed by atoms with Gasteiger partial charge in [0.05, 0.1) is 5.71 Å². The van der Waals surface area contributed by atoms with E-state index in [4.69, 9.17) is 4.84 Å². The van der Waals surface area contributed by atoms with Gasteiger partial charge in [-0.05, 0) is 18.1 Å². The number of hydrogen-bond acceptors (Lipinski definition) is 2. The molecule has 0 heterocycles. The fraction of sp³-hybridized carbons (Fsp3) is 0.133. The van der Waals surface area contributed by atoms with Gasteiger partial charge in [-0.3, -0.25) is 0 Å². The molecule has 0 saturated carbocycles. The molecule has 0 unspecified atom stereocenters. The summed E-state index contributed by atoms with van der Waals surface area (Å²) in [5.74, 6) is 0. The van der Waals surface area contributed by atoms with Gasteiger partial charge in [-0.25, -0.2) is 0 Å². The van der Waals surface area contributed by atoms with Crippen molar-refractivity contribution in [3.8, 4) is 11.1 Å². The Balaban J connectivity index is 2.52. The highest BCUT2D eigenvalue weighted by atomic mass is 16.6. The Labute approximate surface area is 102 Å². The van der Waals surface area contributed by atoms with Crippen LogP contribution in [0.4, 0.5) is 0 Å². The van der Waals surface area contributed by atoms with Gasteiger partial charge in [-0.1, -0.05) is 59.8 Å². The van der Waals surface area contributed by atoms with Crippen LogP contribution in [0.25, 0.3) is 11.1 Å². The molecule has 86 valence electrons. The summed E-state index contributed by atoms with van der Waals surface area (Å²) < 4.78 is 0. The van der Waals surface area contributed by atoms with Gasteiger partial charge in [-0.15, -0.1) is 0 Å². The molecule has 2 aromatic rings. The van der Waals surface area contributed by atoms with Crippen LogP contribution in [0.1, 0.15) is 12.5 Å². The van der Waals surface area contributed by atoms with Crippen molar-refractivity contribution in [2.75, 3.05) is 7.11 Å². The largest absolute Gasteiger partial charge is 0.399 e. The zero-order chi connectivity index (χ0) is 12.1. The zero-order valence-electron chi connectivity index (χ0n) is 10.1. The highest BCUT2D eigenvalue weighted by Gasteiger charge is 2.06. The Kier molecular flexibility index (Phi) is 3.55. The van der Waals surface area contributed by atoms with Crippen molar-refractivity contribution in [2.24, 2.45) is 5.16 Å². The molecule has 0 spiro atoms. The Hall–Kier alpha value is -2.09. The van der Waals surface area contributed by atoms with Crippen LogP contribution in [0.2, 0.25) is 0 Å². The summed E-state index contributed by atoms with van der Waals surface area (Å²) in [5, 5.41) is 4.00. The van der Waals surface area contributed by atoms with E-state index in [-0.39, 0.29) is 0 Å². The molecule has 0 bridgehead atoms. The van der Waals surface area contributed by atoms with Crippen LogP contribution in [0.15, 0.2) is 59.8 Å². The molecule has 0 fully saturated rings. The van der Waals surface area contributed by atoms with E-state index < -0.39 is 0 Å². The molecule has 0 atom stereocenters. The lowest BCUT2D eigenvalue weighted by atomic mass is 9.97. The molecule has 2 aromatic carbocycles. The van der Waals surface area contributed by atoms with Crippen molar-refractivity contribution < 1.29 is 4.84 Å². The maximum atomic E-state index is 4.84. The van der Waals surface area contributed by atoms with Crippen LogP contribution in [-0.4, -0.2) is 12.8 Å². The first-order chi connectivity index (χ1) is 8.33. The molecule has 0 N–H and O–H groups in total. The minimum Gasteiger partial charge on any atom is -0.399 e. The van der Waals surface area contributed by atoms with Crippen LogP contribution >= 0.6 is 0 Å². The number of rotatable bonds is 3. The van der Waals surface area contributed by atoms with Crippen molar-refractivity contribution in [3.05, 3.63) is 60.2 Å². The standard InChI is InChI=1S/C15H15NO/c1-12(16-17-2)14-10-6-7-11-15(14)13-8-4-3-5-9-13/h3-11H,1-2H3/b16-12+. The normalized spacial score (nSPS) is 11.3. The van der Waals surface area contributed by atoms with Crippen LogP contribution in [-0.2, 0) is 4.84 Å². The molecule has 0 aliphatic rings. The summed E-state index contributed by atoms with van der Waals surface area (Å²) in [5.41, 5.74) is 4.34. The third-order valence-electron chi connectivity index (χ3n) is 2.63. The molecule has 2 nitrogen and oxygen atoms in total. The maximum Gasteiger partial charge on any atom is 0.106 e. The van der Waals surface area contributed by atoms with Crippen molar-refractivity contribution in [3.63, 3.8) is 0 Å². The first kappa shape index (κ1) is 11.4. The van der Waals surface area contributed by atoms with E-state index in [0.717, 1.165) is 11.3 Å². The lowest BCUT2D eigenvalue weighted by Crippen LogP contribution is -1.98. The van der Waals surface area contributed by atoms with Crippen molar-refractivity contribution >= 4 is 5.71 Å². The van der Waals surface area contributed by atoms with E-state index in [1.807, 2.05) is 37.3 Å². The molecule has 0 saturated heterocycles. The van der Waals surface area contributed by atoms with Gasteiger partial charge in [0.25, 0.3) is 0 Å². The minimum absolute atomic E-state index is 0.881. The fourth-order valence-corrected chi connectivity index (χ4v) is 1.85. The lowest BCUT2D eigenvalue weighted by molar-refractivity contribution is 0.213. The Morgan fingerprint density at radius 1 is 0.941 bits per heavy atom. The number of hydrogen-bond donors (Lipinski definition) is 0. The SMILES string of the molecule is CO/N=C(\C)c1ccccc1-c1ccccc1. The summed E-state index contributed by atoms with van der Waals surface area (Å²) in [6, 6.07) is 18.5. The van der Waals surface area contributed by atoms with Crippen LogP contribution in [0.5, 0.6) is 0 Å². The Morgan fingerprint density at radius 2 is 1.59 bits per heavy atom. The van der Waals surface area contributed by atoms with Gasteiger partial charge < -0.3 is 4.84 Å². The second-order valence-corrected chi connectivity index (χ2v) is 3.77. The second kappa shape index (κ2) is 5.30. The van der Waals surface area contributed by atoms with Crippen LogP contribution in [0.3, 0.4) is 0 Å². The zero-order valence-corrected chi connectivity index (χ0v) is 10.1. The quantitative estimate of drug-likeness (QED) is 0.576. The van der Waals surface area contributed by atoms with Gasteiger partial charge >= 0.3 is 0 Å². The molecule has 0 aromatic heterocycles. The summed E-state index contributed by atoms with van der Waals surface area (Å²) in [6.07, 6.45) is 0. The van der Waals surface area contributed by atoms with Crippen molar-refractivity contribution in [1.82, 2.24) is 0 Å². The third-order valence-corrected chi connectivity index (χ3v) is 2.63. The summed E-state index contributed by atoms with van der Waals surface area (Å²) in [7, 11) is 1.56. The monoisotopic (exact) mass is 225 g/mol. The van der Waals surface area contributed by atoms with E-state index in [1.165, 1.54) is 11.1 Å². The average molecular weight is 225 g/mol. The summed E-state index contributed by atoms with van der Waals surface area (Å²) in [4.78, 5) is 4.84. The van der Waals surface area contributed by atoms with E-state index in [0.29, 0.717) is 0 Å². The molecule has 17 heavy (non-hydrogen) atoms. The number of oxime groups is 1. The Morgan fingerprint density at radius 3 is 2.29 bits per heavy atom. The highest BCUT2D eigenvalue weighted by Crippen LogP contribution is 2.23. The van der Waals surface area contributed by atoms with Crippen molar-refractivity contribution in [1.29, 1.82) is 0 Å². The van der Waals surface area contributed by atoms with Gasteiger partial charge in [0.1, 0.15) is 7.11 Å². The van der Waals surface area contributed by atoms with Crippen LogP contribution in [0, 0.1) is 0 Å². The fourth-order valence-electron chi connectivity index (χ4n) is 1.85. The number of nitrogens with zero attached hydrogens (tertiary/aromatic N) is 1. The first-order valence-corrected chi connectivity index (χ1v) is 5.55. The van der Waals surface area contributed by atoms with Gasteiger partial charge in [0.15, 0.2) is 0 Å². The van der Waals surface area contributed by atoms with Gasteiger partial charge in [-0.2, -0.15) is 0 Å². The number of benzene rings is 2. The molecule has 0 radical (unpaired) electrons. The smallest absolute Gasteiger partial charge is 0.106 e. The molecular weight excluding hydrogens is 210 g/mol. The Bertz CT molecular complexity index is 517. The van der Waals surface area contributed by atoms with Crippen LogP contribution < -0.4 is 0 Å². The topological polar surface area (TPSA) is 21.6 Å². The first-order valence-electron chi connectivity index (χ1n) is 5.55.